The number of carbonyl (C=O) groups is 1. The summed E-state index contributed by atoms with van der Waals surface area (Å²) < 4.78 is 11.4. The van der Waals surface area contributed by atoms with Crippen molar-refractivity contribution in [3.05, 3.63) is 24.3 Å². The van der Waals surface area contributed by atoms with Gasteiger partial charge < -0.3 is 19.7 Å². The predicted molar refractivity (Wildman–Crippen MR) is 89.9 cm³/mol. The average Bonchev–Trinajstić information content (AvgIpc) is 2.96. The molecule has 1 atom stereocenters. The Kier molecular flexibility index (Phi) is 5.39. The molecule has 3 rings (SSSR count). The normalized spacial score (nSPS) is 22.7. The van der Waals surface area contributed by atoms with Crippen LogP contribution in [0.25, 0.3) is 0 Å². The number of urea groups is 1. The first-order valence-corrected chi connectivity index (χ1v) is 8.64. The van der Waals surface area contributed by atoms with Crippen LogP contribution in [0.3, 0.4) is 0 Å². The summed E-state index contributed by atoms with van der Waals surface area (Å²) in [5, 5.41) is 2.97. The minimum absolute atomic E-state index is 0.0625. The maximum Gasteiger partial charge on any atom is 0.322 e. The molecule has 2 amide bonds. The van der Waals surface area contributed by atoms with Gasteiger partial charge in [0.15, 0.2) is 0 Å². The highest BCUT2D eigenvalue weighted by molar-refractivity contribution is 5.89. The summed E-state index contributed by atoms with van der Waals surface area (Å²) in [5.41, 5.74) is 0.797. The lowest BCUT2D eigenvalue weighted by atomic mass is 10.2. The Bertz CT molecular complexity index is 512. The molecule has 2 aliphatic rings. The standard InChI is InChI=1S/C18H26N2O3/c1-14-10-12-22-13-11-20(14)18(21)19-15-6-8-17(9-7-15)23-16-4-2-3-5-16/h6-9,14,16H,2-5,10-13H2,1H3,(H,19,21). The van der Waals surface area contributed by atoms with E-state index >= 15 is 0 Å². The summed E-state index contributed by atoms with van der Waals surface area (Å²) in [7, 11) is 0. The van der Waals surface area contributed by atoms with Gasteiger partial charge in [-0.15, -0.1) is 0 Å². The summed E-state index contributed by atoms with van der Waals surface area (Å²) in [6.45, 7) is 4.02. The Morgan fingerprint density at radius 3 is 2.65 bits per heavy atom. The van der Waals surface area contributed by atoms with Crippen molar-refractivity contribution in [2.45, 2.75) is 51.2 Å². The molecule has 1 unspecified atom stereocenters. The second-order valence-corrected chi connectivity index (χ2v) is 6.42. The molecule has 0 aromatic heterocycles. The second kappa shape index (κ2) is 7.68. The molecule has 1 aliphatic carbocycles. The number of hydrogen-bond donors (Lipinski definition) is 1. The molecule has 1 aromatic rings. The monoisotopic (exact) mass is 318 g/mol. The summed E-state index contributed by atoms with van der Waals surface area (Å²) in [6.07, 6.45) is 6.04. The van der Waals surface area contributed by atoms with Crippen molar-refractivity contribution in [1.82, 2.24) is 4.90 Å². The zero-order chi connectivity index (χ0) is 16.1. The summed E-state index contributed by atoms with van der Waals surface area (Å²) >= 11 is 0. The van der Waals surface area contributed by atoms with Crippen LogP contribution >= 0.6 is 0 Å². The highest BCUT2D eigenvalue weighted by Gasteiger charge is 2.22. The zero-order valence-electron chi connectivity index (χ0n) is 13.8. The molecule has 126 valence electrons. The average molecular weight is 318 g/mol. The van der Waals surface area contributed by atoms with Gasteiger partial charge in [-0.25, -0.2) is 4.79 Å². The van der Waals surface area contributed by atoms with Gasteiger partial charge in [-0.1, -0.05) is 0 Å². The number of nitrogens with zero attached hydrogens (tertiary/aromatic N) is 1. The van der Waals surface area contributed by atoms with Gasteiger partial charge >= 0.3 is 6.03 Å². The SMILES string of the molecule is CC1CCOCCN1C(=O)Nc1ccc(OC2CCCC2)cc1. The second-order valence-electron chi connectivity index (χ2n) is 6.42. The molecule has 0 bridgehead atoms. The minimum Gasteiger partial charge on any atom is -0.490 e. The van der Waals surface area contributed by atoms with Crippen molar-refractivity contribution in [1.29, 1.82) is 0 Å². The summed E-state index contributed by atoms with van der Waals surface area (Å²) in [4.78, 5) is 14.3. The van der Waals surface area contributed by atoms with E-state index in [2.05, 4.69) is 12.2 Å². The van der Waals surface area contributed by atoms with Crippen molar-refractivity contribution in [3.63, 3.8) is 0 Å². The van der Waals surface area contributed by atoms with E-state index in [0.29, 0.717) is 19.3 Å². The largest absolute Gasteiger partial charge is 0.490 e. The first kappa shape index (κ1) is 16.1. The van der Waals surface area contributed by atoms with Crippen LogP contribution in [0, 0.1) is 0 Å². The highest BCUT2D eigenvalue weighted by Crippen LogP contribution is 2.25. The van der Waals surface area contributed by atoms with E-state index in [0.717, 1.165) is 37.3 Å². The molecule has 5 nitrogen and oxygen atoms in total. The van der Waals surface area contributed by atoms with Crippen LogP contribution in [0.2, 0.25) is 0 Å². The van der Waals surface area contributed by atoms with E-state index in [1.54, 1.807) is 0 Å². The molecule has 1 saturated heterocycles. The van der Waals surface area contributed by atoms with Crippen molar-refractivity contribution < 1.29 is 14.3 Å². The number of anilines is 1. The molecule has 23 heavy (non-hydrogen) atoms. The number of benzene rings is 1. The fourth-order valence-corrected chi connectivity index (χ4v) is 3.21. The van der Waals surface area contributed by atoms with Gasteiger partial charge in [0.25, 0.3) is 0 Å². The van der Waals surface area contributed by atoms with Gasteiger partial charge in [0.1, 0.15) is 5.75 Å². The molecule has 0 spiro atoms. The number of hydrogen-bond acceptors (Lipinski definition) is 3. The van der Waals surface area contributed by atoms with Gasteiger partial charge in [-0.05, 0) is 63.3 Å². The Hall–Kier alpha value is -1.75. The lowest BCUT2D eigenvalue weighted by molar-refractivity contribution is 0.143. The lowest BCUT2D eigenvalue weighted by Gasteiger charge is -2.26. The van der Waals surface area contributed by atoms with Crippen LogP contribution in [0.4, 0.5) is 10.5 Å². The highest BCUT2D eigenvalue weighted by atomic mass is 16.5. The molecule has 2 fully saturated rings. The molecule has 1 N–H and O–H groups in total. The first-order valence-electron chi connectivity index (χ1n) is 8.64. The molecular weight excluding hydrogens is 292 g/mol. The van der Waals surface area contributed by atoms with Gasteiger partial charge in [0.2, 0.25) is 0 Å². The fourth-order valence-electron chi connectivity index (χ4n) is 3.21. The van der Waals surface area contributed by atoms with Crippen LogP contribution in [0.5, 0.6) is 5.75 Å². The number of nitrogens with one attached hydrogen (secondary N) is 1. The molecule has 0 radical (unpaired) electrons. The first-order chi connectivity index (χ1) is 11.2. The maximum atomic E-state index is 12.4. The van der Waals surface area contributed by atoms with E-state index in [9.17, 15) is 4.79 Å². The van der Waals surface area contributed by atoms with Crippen molar-refractivity contribution >= 4 is 11.7 Å². The van der Waals surface area contributed by atoms with E-state index in [1.807, 2.05) is 29.2 Å². The molecular formula is C18H26N2O3. The van der Waals surface area contributed by atoms with Crippen LogP contribution < -0.4 is 10.1 Å². The fraction of sp³-hybridized carbons (Fsp3) is 0.611. The molecule has 1 saturated carbocycles. The molecule has 5 heteroatoms. The smallest absolute Gasteiger partial charge is 0.322 e. The lowest BCUT2D eigenvalue weighted by Crippen LogP contribution is -2.42. The quantitative estimate of drug-likeness (QED) is 0.925. The zero-order valence-corrected chi connectivity index (χ0v) is 13.8. The molecule has 1 heterocycles. The third kappa shape index (κ3) is 4.38. The van der Waals surface area contributed by atoms with E-state index in [-0.39, 0.29) is 12.1 Å². The van der Waals surface area contributed by atoms with Crippen LogP contribution in [0.15, 0.2) is 24.3 Å². The predicted octanol–water partition coefficient (Wildman–Crippen LogP) is 3.65. The third-order valence-electron chi connectivity index (χ3n) is 4.66. The summed E-state index contributed by atoms with van der Waals surface area (Å²) in [5.74, 6) is 0.881. The van der Waals surface area contributed by atoms with Gasteiger partial charge in [-0.2, -0.15) is 0 Å². The number of carbonyl (C=O) groups excluding carboxylic acids is 1. The van der Waals surface area contributed by atoms with Gasteiger partial charge in [0.05, 0.1) is 12.7 Å². The number of amides is 2. The van der Waals surface area contributed by atoms with Crippen LogP contribution in [-0.4, -0.2) is 42.8 Å². The Balaban J connectivity index is 1.55. The minimum atomic E-state index is -0.0625. The Morgan fingerprint density at radius 1 is 1.17 bits per heavy atom. The van der Waals surface area contributed by atoms with Gasteiger partial charge in [-0.3, -0.25) is 0 Å². The van der Waals surface area contributed by atoms with E-state index in [1.165, 1.54) is 12.8 Å². The van der Waals surface area contributed by atoms with E-state index < -0.39 is 0 Å². The van der Waals surface area contributed by atoms with Crippen molar-refractivity contribution in [2.75, 3.05) is 25.1 Å². The van der Waals surface area contributed by atoms with Crippen molar-refractivity contribution in [2.24, 2.45) is 0 Å². The molecule has 1 aromatic carbocycles. The molecule has 1 aliphatic heterocycles. The number of rotatable bonds is 3. The Morgan fingerprint density at radius 2 is 1.91 bits per heavy atom. The Labute approximate surface area is 137 Å². The topological polar surface area (TPSA) is 50.8 Å². The van der Waals surface area contributed by atoms with Crippen molar-refractivity contribution in [3.8, 4) is 5.75 Å². The number of ether oxygens (including phenoxy) is 2. The maximum absolute atomic E-state index is 12.4. The van der Waals surface area contributed by atoms with E-state index in [4.69, 9.17) is 9.47 Å². The third-order valence-corrected chi connectivity index (χ3v) is 4.66. The summed E-state index contributed by atoms with van der Waals surface area (Å²) in [6, 6.07) is 7.81. The van der Waals surface area contributed by atoms with Crippen LogP contribution in [0.1, 0.15) is 39.0 Å². The van der Waals surface area contributed by atoms with Gasteiger partial charge in [0, 0.05) is 24.9 Å². The van der Waals surface area contributed by atoms with Crippen LogP contribution in [-0.2, 0) is 4.74 Å².